The van der Waals surface area contributed by atoms with Crippen molar-refractivity contribution < 1.29 is 19.0 Å². The molecule has 1 atom stereocenters. The van der Waals surface area contributed by atoms with Crippen LogP contribution in [0.1, 0.15) is 25.0 Å². The van der Waals surface area contributed by atoms with Gasteiger partial charge in [0.25, 0.3) is 0 Å². The Balaban J connectivity index is 1.54. The predicted octanol–water partition coefficient (Wildman–Crippen LogP) is 5.81. The second kappa shape index (κ2) is 12.6. The fraction of sp³-hybridized carbons (Fsp3) is 0.300. The van der Waals surface area contributed by atoms with Crippen molar-refractivity contribution in [2.24, 2.45) is 7.05 Å². The number of aliphatic hydroxyl groups excluding tert-OH is 1. The van der Waals surface area contributed by atoms with Gasteiger partial charge in [-0.3, -0.25) is 4.90 Å². The third kappa shape index (κ3) is 7.26. The first-order chi connectivity index (χ1) is 17.9. The number of aliphatic hydroxyl groups is 1. The third-order valence-electron chi connectivity index (χ3n) is 6.12. The molecule has 0 aliphatic heterocycles. The normalized spacial score (nSPS) is 12.3. The van der Waals surface area contributed by atoms with Gasteiger partial charge in [-0.25, -0.2) is 9.07 Å². The maximum absolute atomic E-state index is 13.5. The lowest BCUT2D eigenvalue weighted by Crippen LogP contribution is -2.39. The zero-order valence-electron chi connectivity index (χ0n) is 21.5. The van der Waals surface area contributed by atoms with Crippen LogP contribution in [0.2, 0.25) is 0 Å². The first kappa shape index (κ1) is 26.5. The fourth-order valence-electron chi connectivity index (χ4n) is 4.14. The maximum Gasteiger partial charge on any atom is 0.222 e. The van der Waals surface area contributed by atoms with E-state index in [2.05, 4.69) is 18.7 Å². The molecule has 0 spiro atoms. The highest BCUT2D eigenvalue weighted by Crippen LogP contribution is 2.34. The van der Waals surface area contributed by atoms with Crippen LogP contribution in [0, 0.1) is 5.82 Å². The second-order valence-electron chi connectivity index (χ2n) is 9.36. The van der Waals surface area contributed by atoms with Gasteiger partial charge in [-0.2, -0.15) is 5.10 Å². The highest BCUT2D eigenvalue weighted by atomic mass is 19.1. The lowest BCUT2D eigenvalue weighted by Gasteiger charge is -2.29. The molecule has 0 aliphatic carbocycles. The van der Waals surface area contributed by atoms with Crippen LogP contribution < -0.4 is 4.74 Å². The largest absolute Gasteiger partial charge is 0.439 e. The molecule has 1 heterocycles. The van der Waals surface area contributed by atoms with Crippen molar-refractivity contribution in [3.05, 3.63) is 102 Å². The molecule has 7 heteroatoms. The molecule has 1 aromatic heterocycles. The van der Waals surface area contributed by atoms with Crippen LogP contribution in [0.25, 0.3) is 11.3 Å². The first-order valence-corrected chi connectivity index (χ1v) is 12.5. The van der Waals surface area contributed by atoms with E-state index < -0.39 is 6.10 Å². The van der Waals surface area contributed by atoms with E-state index in [0.29, 0.717) is 31.3 Å². The Bertz CT molecular complexity index is 1240. The summed E-state index contributed by atoms with van der Waals surface area (Å²) in [6.45, 7) is 5.80. The van der Waals surface area contributed by atoms with E-state index in [1.54, 1.807) is 16.8 Å². The van der Waals surface area contributed by atoms with Crippen molar-refractivity contribution in [3.63, 3.8) is 0 Å². The van der Waals surface area contributed by atoms with Crippen LogP contribution in [-0.4, -0.2) is 45.1 Å². The summed E-state index contributed by atoms with van der Waals surface area (Å²) >= 11 is 0. The van der Waals surface area contributed by atoms with E-state index in [1.165, 1.54) is 12.1 Å². The molecule has 0 bridgehead atoms. The Labute approximate surface area is 217 Å². The molecule has 0 fully saturated rings. The number of ether oxygens (including phenoxy) is 2. The van der Waals surface area contributed by atoms with E-state index in [9.17, 15) is 9.50 Å². The number of rotatable bonds is 12. The molecule has 0 radical (unpaired) electrons. The lowest BCUT2D eigenvalue weighted by molar-refractivity contribution is 0.00306. The number of benzene rings is 3. The highest BCUT2D eigenvalue weighted by Gasteiger charge is 2.24. The minimum Gasteiger partial charge on any atom is -0.439 e. The molecule has 0 saturated carbocycles. The summed E-state index contributed by atoms with van der Waals surface area (Å²) < 4.78 is 27.2. The smallest absolute Gasteiger partial charge is 0.222 e. The van der Waals surface area contributed by atoms with Gasteiger partial charge in [0.1, 0.15) is 17.3 Å². The van der Waals surface area contributed by atoms with Crippen molar-refractivity contribution in [2.45, 2.75) is 39.1 Å². The van der Waals surface area contributed by atoms with Crippen LogP contribution in [0.5, 0.6) is 11.6 Å². The minimum absolute atomic E-state index is 0.145. The van der Waals surface area contributed by atoms with Crippen LogP contribution in [0.4, 0.5) is 4.39 Å². The molecular weight excluding hydrogens is 469 g/mol. The van der Waals surface area contributed by atoms with Crippen LogP contribution in [0.3, 0.4) is 0 Å². The molecule has 37 heavy (non-hydrogen) atoms. The Morgan fingerprint density at radius 1 is 0.946 bits per heavy atom. The van der Waals surface area contributed by atoms with Gasteiger partial charge in [0.05, 0.1) is 24.9 Å². The minimum atomic E-state index is -0.663. The summed E-state index contributed by atoms with van der Waals surface area (Å²) in [5, 5.41) is 15.6. The quantitative estimate of drug-likeness (QED) is 0.265. The van der Waals surface area contributed by atoms with Crippen LogP contribution in [-0.2, 0) is 24.9 Å². The van der Waals surface area contributed by atoms with Gasteiger partial charge in [-0.05, 0) is 43.7 Å². The van der Waals surface area contributed by atoms with Gasteiger partial charge in [0.2, 0.25) is 5.88 Å². The molecule has 1 N–H and O–H groups in total. The van der Waals surface area contributed by atoms with Gasteiger partial charge < -0.3 is 14.6 Å². The zero-order chi connectivity index (χ0) is 26.2. The van der Waals surface area contributed by atoms with E-state index in [-0.39, 0.29) is 18.5 Å². The average molecular weight is 504 g/mol. The number of hydrogen-bond acceptors (Lipinski definition) is 5. The Kier molecular flexibility index (Phi) is 9.06. The van der Waals surface area contributed by atoms with Crippen molar-refractivity contribution >= 4 is 0 Å². The molecule has 6 nitrogen and oxygen atoms in total. The van der Waals surface area contributed by atoms with Gasteiger partial charge >= 0.3 is 0 Å². The first-order valence-electron chi connectivity index (χ1n) is 12.5. The second-order valence-corrected chi connectivity index (χ2v) is 9.36. The predicted molar refractivity (Wildman–Crippen MR) is 143 cm³/mol. The average Bonchev–Trinajstić information content (AvgIpc) is 3.20. The molecule has 0 unspecified atom stereocenters. The number of hydrogen-bond donors (Lipinski definition) is 1. The van der Waals surface area contributed by atoms with Crippen molar-refractivity contribution in [2.75, 3.05) is 13.2 Å². The number of aromatic nitrogens is 2. The standard InChI is InChI=1S/C30H34FN3O3/c1-22(2)34(18-26(35)21-36-20-23-10-6-4-7-11-23)19-28-29(24-12-8-5-9-13-24)32-33(3)30(28)37-27-16-14-25(31)15-17-27/h4-17,22,26,35H,18-21H2,1-3H3/t26-/m1/s1. The van der Waals surface area contributed by atoms with Crippen LogP contribution in [0.15, 0.2) is 84.9 Å². The van der Waals surface area contributed by atoms with Crippen molar-refractivity contribution in [1.82, 2.24) is 14.7 Å². The SMILES string of the molecule is CC(C)N(Cc1c(-c2ccccc2)nn(C)c1Oc1ccc(F)cc1)C[C@@H](O)COCc1ccccc1. The molecule has 0 amide bonds. The molecule has 0 aliphatic rings. The highest BCUT2D eigenvalue weighted by molar-refractivity contribution is 5.65. The van der Waals surface area contributed by atoms with E-state index in [4.69, 9.17) is 14.6 Å². The third-order valence-corrected chi connectivity index (χ3v) is 6.12. The van der Waals surface area contributed by atoms with E-state index in [1.807, 2.05) is 67.7 Å². The van der Waals surface area contributed by atoms with Gasteiger partial charge in [0.15, 0.2) is 0 Å². The van der Waals surface area contributed by atoms with E-state index in [0.717, 1.165) is 22.4 Å². The molecular formula is C30H34FN3O3. The summed E-state index contributed by atoms with van der Waals surface area (Å²) in [6, 6.07) is 25.9. The molecule has 4 rings (SSSR count). The number of nitrogens with zero attached hydrogens (tertiary/aromatic N) is 3. The summed E-state index contributed by atoms with van der Waals surface area (Å²) in [7, 11) is 1.83. The number of aryl methyl sites for hydroxylation is 1. The molecule has 194 valence electrons. The maximum atomic E-state index is 13.5. The Hall–Kier alpha value is -3.52. The zero-order valence-corrected chi connectivity index (χ0v) is 21.5. The van der Waals surface area contributed by atoms with Crippen molar-refractivity contribution in [1.29, 1.82) is 0 Å². The summed E-state index contributed by atoms with van der Waals surface area (Å²) in [5.41, 5.74) is 3.74. The van der Waals surface area contributed by atoms with Crippen molar-refractivity contribution in [3.8, 4) is 22.9 Å². The van der Waals surface area contributed by atoms with Crippen LogP contribution >= 0.6 is 0 Å². The summed E-state index contributed by atoms with van der Waals surface area (Å²) in [4.78, 5) is 2.18. The van der Waals surface area contributed by atoms with Gasteiger partial charge in [-0.1, -0.05) is 60.7 Å². The Morgan fingerprint density at radius 3 is 2.24 bits per heavy atom. The molecule has 3 aromatic carbocycles. The Morgan fingerprint density at radius 2 is 1.59 bits per heavy atom. The van der Waals surface area contributed by atoms with E-state index >= 15 is 0 Å². The monoisotopic (exact) mass is 503 g/mol. The molecule has 0 saturated heterocycles. The van der Waals surface area contributed by atoms with Gasteiger partial charge in [0, 0.05) is 31.7 Å². The topological polar surface area (TPSA) is 59.8 Å². The fourth-order valence-corrected chi connectivity index (χ4v) is 4.14. The lowest BCUT2D eigenvalue weighted by atomic mass is 10.1. The number of halogens is 1. The summed E-state index contributed by atoms with van der Waals surface area (Å²) in [6.07, 6.45) is -0.663. The summed E-state index contributed by atoms with van der Waals surface area (Å²) in [5.74, 6) is 0.777. The van der Waals surface area contributed by atoms with Gasteiger partial charge in [-0.15, -0.1) is 0 Å². The molecule has 4 aromatic rings.